The number of hydrogen-bond acceptors (Lipinski definition) is 4. The van der Waals surface area contributed by atoms with E-state index in [-0.39, 0.29) is 5.56 Å². The van der Waals surface area contributed by atoms with E-state index in [4.69, 9.17) is 26.2 Å². The summed E-state index contributed by atoms with van der Waals surface area (Å²) in [6.07, 6.45) is 0. The Kier molecular flexibility index (Phi) is 5.49. The fourth-order valence-electron chi connectivity index (χ4n) is 1.97. The summed E-state index contributed by atoms with van der Waals surface area (Å²) in [5, 5.41) is 14.4. The van der Waals surface area contributed by atoms with E-state index >= 15 is 0 Å². The van der Waals surface area contributed by atoms with E-state index in [0.29, 0.717) is 27.9 Å². The number of carbonyl (C=O) groups excluding carboxylic acids is 1. The molecule has 8 heteroatoms. The average Bonchev–Trinajstić information content (AvgIpc) is 2.55. The number of urea groups is 1. The second kappa shape index (κ2) is 7.56. The lowest BCUT2D eigenvalue weighted by atomic mass is 10.2. The Morgan fingerprint density at radius 1 is 1.04 bits per heavy atom. The van der Waals surface area contributed by atoms with Crippen LogP contribution in [0.4, 0.5) is 16.2 Å². The molecule has 0 saturated carbocycles. The van der Waals surface area contributed by atoms with Crippen molar-refractivity contribution in [3.63, 3.8) is 0 Å². The number of halogens is 1. The number of methoxy groups -OCH3 is 2. The highest BCUT2D eigenvalue weighted by molar-refractivity contribution is 6.32. The van der Waals surface area contributed by atoms with Gasteiger partial charge >= 0.3 is 12.0 Å². The van der Waals surface area contributed by atoms with Crippen LogP contribution < -0.4 is 20.1 Å². The van der Waals surface area contributed by atoms with Gasteiger partial charge in [-0.3, -0.25) is 0 Å². The topological polar surface area (TPSA) is 96.9 Å². The Morgan fingerprint density at radius 3 is 2.38 bits per heavy atom. The minimum atomic E-state index is -1.08. The van der Waals surface area contributed by atoms with Gasteiger partial charge in [0.25, 0.3) is 0 Å². The highest BCUT2D eigenvalue weighted by atomic mass is 35.5. The predicted octanol–water partition coefficient (Wildman–Crippen LogP) is 3.70. The van der Waals surface area contributed by atoms with Gasteiger partial charge in [0.15, 0.2) is 0 Å². The van der Waals surface area contributed by atoms with Crippen LogP contribution in [0.5, 0.6) is 11.5 Å². The molecule has 2 rings (SSSR count). The Bertz CT molecular complexity index is 779. The molecule has 7 nitrogen and oxygen atoms in total. The maximum Gasteiger partial charge on any atom is 0.335 e. The van der Waals surface area contributed by atoms with Crippen LogP contribution in [0.2, 0.25) is 5.02 Å². The summed E-state index contributed by atoms with van der Waals surface area (Å²) in [7, 11) is 2.91. The third-order valence-corrected chi connectivity index (χ3v) is 3.38. The number of aromatic carboxylic acids is 1. The molecule has 0 fully saturated rings. The van der Waals surface area contributed by atoms with Gasteiger partial charge in [0.1, 0.15) is 11.5 Å². The van der Waals surface area contributed by atoms with Gasteiger partial charge in [-0.15, -0.1) is 0 Å². The maximum atomic E-state index is 12.1. The van der Waals surface area contributed by atoms with Crippen LogP contribution in [0.15, 0.2) is 36.4 Å². The van der Waals surface area contributed by atoms with Crippen LogP contribution in [-0.4, -0.2) is 31.3 Å². The molecule has 2 aromatic rings. The van der Waals surface area contributed by atoms with Crippen LogP contribution in [0, 0.1) is 0 Å². The van der Waals surface area contributed by atoms with E-state index in [1.54, 1.807) is 12.1 Å². The normalized spacial score (nSPS) is 9.96. The fraction of sp³-hybridized carbons (Fsp3) is 0.125. The second-order valence-corrected chi connectivity index (χ2v) is 5.06. The van der Waals surface area contributed by atoms with Crippen molar-refractivity contribution < 1.29 is 24.2 Å². The molecule has 0 heterocycles. The first-order chi connectivity index (χ1) is 11.4. The van der Waals surface area contributed by atoms with Crippen molar-refractivity contribution in [2.75, 3.05) is 24.9 Å². The molecule has 0 aliphatic rings. The molecule has 0 bridgehead atoms. The van der Waals surface area contributed by atoms with Crippen molar-refractivity contribution in [2.45, 2.75) is 0 Å². The third-order valence-electron chi connectivity index (χ3n) is 3.09. The zero-order chi connectivity index (χ0) is 17.7. The summed E-state index contributed by atoms with van der Waals surface area (Å²) in [6, 6.07) is 8.35. The van der Waals surface area contributed by atoms with E-state index in [0.717, 1.165) is 0 Å². The quantitative estimate of drug-likeness (QED) is 0.764. The minimum Gasteiger partial charge on any atom is -0.495 e. The molecule has 0 aliphatic heterocycles. The third kappa shape index (κ3) is 4.08. The van der Waals surface area contributed by atoms with Crippen LogP contribution in [0.25, 0.3) is 0 Å². The van der Waals surface area contributed by atoms with Crippen LogP contribution >= 0.6 is 11.6 Å². The molecule has 0 radical (unpaired) electrons. The molecule has 2 amide bonds. The number of carbonyl (C=O) groups is 2. The van der Waals surface area contributed by atoms with E-state index in [1.165, 1.54) is 38.5 Å². The highest BCUT2D eigenvalue weighted by Crippen LogP contribution is 2.35. The number of benzene rings is 2. The SMILES string of the molecule is COc1cc(OC)c(NC(=O)Nc2cccc(C(=O)O)c2)cc1Cl. The van der Waals surface area contributed by atoms with Crippen LogP contribution in [0.3, 0.4) is 0 Å². The summed E-state index contributed by atoms with van der Waals surface area (Å²) in [4.78, 5) is 23.0. The monoisotopic (exact) mass is 350 g/mol. The number of anilines is 2. The molecule has 0 unspecified atom stereocenters. The average molecular weight is 351 g/mol. The van der Waals surface area contributed by atoms with Crippen molar-refractivity contribution in [2.24, 2.45) is 0 Å². The summed E-state index contributed by atoms with van der Waals surface area (Å²) >= 11 is 6.04. The predicted molar refractivity (Wildman–Crippen MR) is 90.6 cm³/mol. The first kappa shape index (κ1) is 17.4. The van der Waals surface area contributed by atoms with E-state index < -0.39 is 12.0 Å². The summed E-state index contributed by atoms with van der Waals surface area (Å²) in [5.41, 5.74) is 0.749. The van der Waals surface area contributed by atoms with Gasteiger partial charge < -0.3 is 25.2 Å². The first-order valence-corrected chi connectivity index (χ1v) is 7.15. The van der Waals surface area contributed by atoms with Crippen LogP contribution in [-0.2, 0) is 0 Å². The first-order valence-electron chi connectivity index (χ1n) is 6.77. The molecule has 0 spiro atoms. The molecule has 2 aromatic carbocycles. The molecule has 0 aromatic heterocycles. The van der Waals surface area contributed by atoms with Gasteiger partial charge in [-0.1, -0.05) is 17.7 Å². The lowest BCUT2D eigenvalue weighted by Crippen LogP contribution is -2.20. The van der Waals surface area contributed by atoms with Gasteiger partial charge in [-0.25, -0.2) is 9.59 Å². The lowest BCUT2D eigenvalue weighted by molar-refractivity contribution is 0.0697. The van der Waals surface area contributed by atoms with Gasteiger partial charge in [-0.05, 0) is 24.3 Å². The van der Waals surface area contributed by atoms with Crippen molar-refractivity contribution in [1.29, 1.82) is 0 Å². The maximum absolute atomic E-state index is 12.1. The van der Waals surface area contributed by atoms with Gasteiger partial charge in [0.05, 0.1) is 30.5 Å². The van der Waals surface area contributed by atoms with Crippen molar-refractivity contribution in [3.05, 3.63) is 47.0 Å². The van der Waals surface area contributed by atoms with Gasteiger partial charge in [-0.2, -0.15) is 0 Å². The van der Waals surface area contributed by atoms with E-state index in [9.17, 15) is 9.59 Å². The number of ether oxygens (including phenoxy) is 2. The van der Waals surface area contributed by atoms with Gasteiger partial charge in [0, 0.05) is 11.8 Å². The van der Waals surface area contributed by atoms with Crippen molar-refractivity contribution in [3.8, 4) is 11.5 Å². The molecule has 0 atom stereocenters. The number of carboxylic acids is 1. The lowest BCUT2D eigenvalue weighted by Gasteiger charge is -2.13. The van der Waals surface area contributed by atoms with Crippen LogP contribution in [0.1, 0.15) is 10.4 Å². The van der Waals surface area contributed by atoms with Crippen molar-refractivity contribution in [1.82, 2.24) is 0 Å². The molecule has 24 heavy (non-hydrogen) atoms. The zero-order valence-corrected chi connectivity index (χ0v) is 13.7. The Labute approximate surface area is 143 Å². The van der Waals surface area contributed by atoms with E-state index in [1.807, 2.05) is 0 Å². The smallest absolute Gasteiger partial charge is 0.335 e. The number of nitrogens with one attached hydrogen (secondary N) is 2. The number of hydrogen-bond donors (Lipinski definition) is 3. The number of amides is 2. The largest absolute Gasteiger partial charge is 0.495 e. The second-order valence-electron chi connectivity index (χ2n) is 4.65. The molecular formula is C16H15ClN2O5. The summed E-state index contributed by atoms with van der Waals surface area (Å²) < 4.78 is 10.3. The standard InChI is InChI=1S/C16H15ClN2O5/c1-23-13-8-14(24-2)12(7-11(13)17)19-16(22)18-10-5-3-4-9(6-10)15(20)21/h3-8H,1-2H3,(H,20,21)(H2,18,19,22). The van der Waals surface area contributed by atoms with E-state index in [2.05, 4.69) is 10.6 Å². The highest BCUT2D eigenvalue weighted by Gasteiger charge is 2.13. The molecular weight excluding hydrogens is 336 g/mol. The summed E-state index contributed by atoms with van der Waals surface area (Å²) in [5.74, 6) is -0.304. The summed E-state index contributed by atoms with van der Waals surface area (Å²) in [6.45, 7) is 0. The Hall–Kier alpha value is -2.93. The molecule has 0 saturated heterocycles. The Balaban J connectivity index is 2.16. The number of rotatable bonds is 5. The fourth-order valence-corrected chi connectivity index (χ4v) is 2.21. The zero-order valence-electron chi connectivity index (χ0n) is 12.9. The molecule has 3 N–H and O–H groups in total. The number of carboxylic acid groups (broad SMARTS) is 1. The van der Waals surface area contributed by atoms with Gasteiger partial charge in [0.2, 0.25) is 0 Å². The minimum absolute atomic E-state index is 0.0675. The Morgan fingerprint density at radius 2 is 1.75 bits per heavy atom. The molecule has 0 aliphatic carbocycles. The molecule has 126 valence electrons. The van der Waals surface area contributed by atoms with Crippen molar-refractivity contribution >= 4 is 35.0 Å².